The minimum atomic E-state index is 0.122. The predicted molar refractivity (Wildman–Crippen MR) is 94.4 cm³/mol. The highest BCUT2D eigenvalue weighted by atomic mass is 16.5. The molecule has 1 heterocycles. The Kier molecular flexibility index (Phi) is 5.49. The molecule has 1 amide bonds. The van der Waals surface area contributed by atoms with Crippen molar-refractivity contribution in [3.05, 3.63) is 65.7 Å². The number of carbonyl (C=O) groups is 1. The summed E-state index contributed by atoms with van der Waals surface area (Å²) in [5, 5.41) is 0. The van der Waals surface area contributed by atoms with Gasteiger partial charge >= 0.3 is 0 Å². The minimum absolute atomic E-state index is 0.122. The molecule has 0 saturated carbocycles. The van der Waals surface area contributed by atoms with Crippen molar-refractivity contribution in [2.45, 2.75) is 13.5 Å². The van der Waals surface area contributed by atoms with E-state index < -0.39 is 0 Å². The maximum Gasteiger partial charge on any atom is 0.254 e. The van der Waals surface area contributed by atoms with Crippen LogP contribution in [0.4, 0.5) is 0 Å². The molecule has 24 heavy (non-hydrogen) atoms. The summed E-state index contributed by atoms with van der Waals surface area (Å²) in [6, 6.07) is 18.0. The Morgan fingerprint density at radius 3 is 2.33 bits per heavy atom. The Morgan fingerprint density at radius 2 is 1.71 bits per heavy atom. The Balaban J connectivity index is 1.53. The van der Waals surface area contributed by atoms with Crippen molar-refractivity contribution in [3.63, 3.8) is 0 Å². The van der Waals surface area contributed by atoms with Crippen LogP contribution < -0.4 is 9.64 Å². The number of carbonyl (C=O) groups excluding carboxylic acids is 1. The third-order valence-corrected chi connectivity index (χ3v) is 4.47. The molecule has 1 aliphatic rings. The molecule has 0 unspecified atom stereocenters. The van der Waals surface area contributed by atoms with Gasteiger partial charge in [0.1, 0.15) is 12.3 Å². The monoisotopic (exact) mass is 325 g/mol. The van der Waals surface area contributed by atoms with Gasteiger partial charge in [-0.3, -0.25) is 4.79 Å². The van der Waals surface area contributed by atoms with Crippen molar-refractivity contribution in [1.82, 2.24) is 4.90 Å². The highest BCUT2D eigenvalue weighted by Gasteiger charge is 2.24. The van der Waals surface area contributed by atoms with Gasteiger partial charge in [-0.05, 0) is 31.2 Å². The van der Waals surface area contributed by atoms with E-state index >= 15 is 0 Å². The average molecular weight is 325 g/mol. The van der Waals surface area contributed by atoms with Crippen LogP contribution in [0.15, 0.2) is 54.6 Å². The SMILES string of the molecule is CCOc1ccc(C(=O)N2CC[NH+](Cc3ccccc3)CC2)cc1. The normalized spacial score (nSPS) is 15.3. The van der Waals surface area contributed by atoms with Crippen LogP contribution >= 0.6 is 0 Å². The van der Waals surface area contributed by atoms with Crippen LogP contribution in [0.1, 0.15) is 22.8 Å². The van der Waals surface area contributed by atoms with E-state index in [2.05, 4.69) is 24.3 Å². The topological polar surface area (TPSA) is 34.0 Å². The van der Waals surface area contributed by atoms with Crippen molar-refractivity contribution < 1.29 is 14.4 Å². The molecule has 3 rings (SSSR count). The molecule has 4 heteroatoms. The lowest BCUT2D eigenvalue weighted by molar-refractivity contribution is -0.917. The second kappa shape index (κ2) is 7.97. The number of hydrogen-bond donors (Lipinski definition) is 1. The van der Waals surface area contributed by atoms with Crippen molar-refractivity contribution in [2.24, 2.45) is 0 Å². The maximum atomic E-state index is 12.6. The average Bonchev–Trinajstić information content (AvgIpc) is 2.64. The van der Waals surface area contributed by atoms with Crippen molar-refractivity contribution >= 4 is 5.91 Å². The molecule has 1 aliphatic heterocycles. The highest BCUT2D eigenvalue weighted by molar-refractivity contribution is 5.94. The molecule has 0 bridgehead atoms. The summed E-state index contributed by atoms with van der Waals surface area (Å²) in [5.41, 5.74) is 2.10. The predicted octanol–water partition coefficient (Wildman–Crippen LogP) is 1.63. The van der Waals surface area contributed by atoms with E-state index in [0.717, 1.165) is 44.0 Å². The zero-order valence-corrected chi connectivity index (χ0v) is 14.2. The van der Waals surface area contributed by atoms with Crippen LogP contribution in [0.5, 0.6) is 5.75 Å². The number of benzene rings is 2. The molecule has 0 aromatic heterocycles. The van der Waals surface area contributed by atoms with Crippen LogP contribution in [-0.4, -0.2) is 43.6 Å². The number of rotatable bonds is 5. The first kappa shape index (κ1) is 16.5. The van der Waals surface area contributed by atoms with Crippen LogP contribution in [0.25, 0.3) is 0 Å². The fourth-order valence-corrected chi connectivity index (χ4v) is 3.13. The van der Waals surface area contributed by atoms with E-state index in [1.165, 1.54) is 10.5 Å². The van der Waals surface area contributed by atoms with Gasteiger partial charge < -0.3 is 14.5 Å². The first-order valence-corrected chi connectivity index (χ1v) is 8.66. The largest absolute Gasteiger partial charge is 0.494 e. The van der Waals surface area contributed by atoms with E-state index in [9.17, 15) is 4.79 Å². The summed E-state index contributed by atoms with van der Waals surface area (Å²) < 4.78 is 5.43. The number of nitrogens with one attached hydrogen (secondary N) is 1. The van der Waals surface area contributed by atoms with Gasteiger partial charge in [0.15, 0.2) is 0 Å². The molecule has 0 atom stereocenters. The molecule has 2 aromatic carbocycles. The standard InChI is InChI=1S/C20H24N2O2/c1-2-24-19-10-8-18(9-11-19)20(23)22-14-12-21(13-15-22)16-17-6-4-3-5-7-17/h3-11H,2,12-16H2,1H3/p+1. The van der Waals surface area contributed by atoms with E-state index in [-0.39, 0.29) is 5.91 Å². The van der Waals surface area contributed by atoms with Gasteiger partial charge in [0.2, 0.25) is 0 Å². The van der Waals surface area contributed by atoms with Crippen molar-refractivity contribution in [3.8, 4) is 5.75 Å². The third-order valence-electron chi connectivity index (χ3n) is 4.47. The Labute approximate surface area is 143 Å². The smallest absolute Gasteiger partial charge is 0.254 e. The Bertz CT molecular complexity index is 647. The fraction of sp³-hybridized carbons (Fsp3) is 0.350. The fourth-order valence-electron chi connectivity index (χ4n) is 3.13. The second-order valence-corrected chi connectivity index (χ2v) is 6.16. The third kappa shape index (κ3) is 4.15. The zero-order valence-electron chi connectivity index (χ0n) is 14.2. The molecule has 0 spiro atoms. The van der Waals surface area contributed by atoms with E-state index in [1.54, 1.807) is 0 Å². The van der Waals surface area contributed by atoms with Gasteiger partial charge in [-0.2, -0.15) is 0 Å². The molecule has 0 radical (unpaired) electrons. The second-order valence-electron chi connectivity index (χ2n) is 6.16. The van der Waals surface area contributed by atoms with Gasteiger partial charge in [0.05, 0.1) is 32.8 Å². The van der Waals surface area contributed by atoms with Crippen LogP contribution in [-0.2, 0) is 6.54 Å². The molecular weight excluding hydrogens is 300 g/mol. The molecule has 1 N–H and O–H groups in total. The van der Waals surface area contributed by atoms with Crippen LogP contribution in [0.2, 0.25) is 0 Å². The number of hydrogen-bond acceptors (Lipinski definition) is 2. The van der Waals surface area contributed by atoms with E-state index in [4.69, 9.17) is 4.74 Å². The number of amides is 1. The Hall–Kier alpha value is -2.33. The molecule has 0 aliphatic carbocycles. The summed E-state index contributed by atoms with van der Waals surface area (Å²) in [7, 11) is 0. The lowest BCUT2D eigenvalue weighted by Gasteiger charge is -2.32. The summed E-state index contributed by atoms with van der Waals surface area (Å²) >= 11 is 0. The molecular formula is C20H25N2O2+. The van der Waals surface area contributed by atoms with Crippen molar-refractivity contribution in [1.29, 1.82) is 0 Å². The molecule has 126 valence electrons. The van der Waals surface area contributed by atoms with Gasteiger partial charge in [0.25, 0.3) is 5.91 Å². The number of ether oxygens (including phenoxy) is 1. The minimum Gasteiger partial charge on any atom is -0.494 e. The van der Waals surface area contributed by atoms with Gasteiger partial charge in [0, 0.05) is 11.1 Å². The lowest BCUT2D eigenvalue weighted by atomic mass is 10.1. The molecule has 4 nitrogen and oxygen atoms in total. The number of piperazine rings is 1. The molecule has 1 saturated heterocycles. The molecule has 1 fully saturated rings. The summed E-state index contributed by atoms with van der Waals surface area (Å²) in [4.78, 5) is 16.1. The van der Waals surface area contributed by atoms with Crippen LogP contribution in [0.3, 0.4) is 0 Å². The van der Waals surface area contributed by atoms with Crippen LogP contribution in [0, 0.1) is 0 Å². The van der Waals surface area contributed by atoms with E-state index in [0.29, 0.717) is 6.61 Å². The summed E-state index contributed by atoms with van der Waals surface area (Å²) in [6.45, 7) is 7.25. The zero-order chi connectivity index (χ0) is 16.8. The molecule has 2 aromatic rings. The first-order valence-electron chi connectivity index (χ1n) is 8.66. The first-order chi connectivity index (χ1) is 11.8. The van der Waals surface area contributed by atoms with E-state index in [1.807, 2.05) is 42.2 Å². The van der Waals surface area contributed by atoms with Crippen molar-refractivity contribution in [2.75, 3.05) is 32.8 Å². The van der Waals surface area contributed by atoms with Gasteiger partial charge in [-0.25, -0.2) is 0 Å². The van der Waals surface area contributed by atoms with Gasteiger partial charge in [-0.1, -0.05) is 30.3 Å². The summed E-state index contributed by atoms with van der Waals surface area (Å²) in [6.07, 6.45) is 0. The summed E-state index contributed by atoms with van der Waals surface area (Å²) in [5.74, 6) is 0.933. The lowest BCUT2D eigenvalue weighted by Crippen LogP contribution is -3.13. The quantitative estimate of drug-likeness (QED) is 0.906. The number of quaternary nitrogens is 1. The number of nitrogens with zero attached hydrogens (tertiary/aromatic N) is 1. The maximum absolute atomic E-state index is 12.6. The Morgan fingerprint density at radius 1 is 1.04 bits per heavy atom. The van der Waals surface area contributed by atoms with Gasteiger partial charge in [-0.15, -0.1) is 0 Å². The highest BCUT2D eigenvalue weighted by Crippen LogP contribution is 2.13.